The topological polar surface area (TPSA) is 60.9 Å². The van der Waals surface area contributed by atoms with Crippen LogP contribution in [0.1, 0.15) is 0 Å². The van der Waals surface area contributed by atoms with Crippen molar-refractivity contribution in [3.63, 3.8) is 0 Å². The van der Waals surface area contributed by atoms with E-state index in [2.05, 4.69) is 20.2 Å². The summed E-state index contributed by atoms with van der Waals surface area (Å²) in [5.74, 6) is -0.510. The minimum absolute atomic E-state index is 0.510. The van der Waals surface area contributed by atoms with E-state index in [0.717, 1.165) is 22.3 Å². The Morgan fingerprint density at radius 1 is 0.955 bits per heavy atom. The number of halogens is 1. The normalized spacial score (nSPS) is 11.2. The van der Waals surface area contributed by atoms with Gasteiger partial charge in [0, 0.05) is 47.9 Å². The molecule has 4 aromatic rings. The maximum Gasteiger partial charge on any atom is 0.212 e. The van der Waals surface area contributed by atoms with Gasteiger partial charge in [0.1, 0.15) is 6.33 Å². The second-order valence-electron chi connectivity index (χ2n) is 4.94. The first-order valence-electron chi connectivity index (χ1n) is 6.65. The zero-order valence-electron chi connectivity index (χ0n) is 11.7. The van der Waals surface area contributed by atoms with E-state index in [1.807, 2.05) is 25.5 Å². The van der Waals surface area contributed by atoms with Gasteiger partial charge in [-0.05, 0) is 18.2 Å². The first kappa shape index (κ1) is 12.6. The summed E-state index contributed by atoms with van der Waals surface area (Å²) in [6.07, 6.45) is 8.57. The largest absolute Gasteiger partial charge is 0.275 e. The molecule has 0 saturated carbocycles. The molecule has 0 radical (unpaired) electrons. The summed E-state index contributed by atoms with van der Waals surface area (Å²) in [6, 6.07) is 4.99. The molecule has 4 aromatic heterocycles. The summed E-state index contributed by atoms with van der Waals surface area (Å²) in [7, 11) is 1.86. The van der Waals surface area contributed by atoms with E-state index >= 15 is 0 Å². The van der Waals surface area contributed by atoms with Crippen LogP contribution in [0.2, 0.25) is 0 Å². The van der Waals surface area contributed by atoms with E-state index in [9.17, 15) is 4.39 Å². The van der Waals surface area contributed by atoms with Gasteiger partial charge < -0.3 is 0 Å². The number of hydrogen-bond acceptors (Lipinski definition) is 4. The van der Waals surface area contributed by atoms with Crippen molar-refractivity contribution >= 4 is 5.65 Å². The smallest absolute Gasteiger partial charge is 0.212 e. The van der Waals surface area contributed by atoms with Crippen LogP contribution >= 0.6 is 0 Å². The zero-order chi connectivity index (χ0) is 15.1. The van der Waals surface area contributed by atoms with Gasteiger partial charge in [0.25, 0.3) is 0 Å². The molecule has 0 unspecified atom stereocenters. The van der Waals surface area contributed by atoms with Crippen molar-refractivity contribution in [2.24, 2.45) is 7.05 Å². The highest BCUT2D eigenvalue weighted by Crippen LogP contribution is 2.28. The molecule has 0 N–H and O–H groups in total. The second-order valence-corrected chi connectivity index (χ2v) is 4.94. The number of nitrogens with zero attached hydrogens (tertiary/aromatic N) is 6. The Morgan fingerprint density at radius 2 is 1.86 bits per heavy atom. The predicted octanol–water partition coefficient (Wildman–Crippen LogP) is 2.33. The van der Waals surface area contributed by atoms with Gasteiger partial charge in [-0.25, -0.2) is 14.5 Å². The minimum atomic E-state index is -0.510. The number of fused-ring (bicyclic) bond motifs is 1. The molecule has 0 aliphatic rings. The van der Waals surface area contributed by atoms with Crippen molar-refractivity contribution in [2.45, 2.75) is 0 Å². The summed E-state index contributed by atoms with van der Waals surface area (Å²) < 4.78 is 16.5. The quantitative estimate of drug-likeness (QED) is 0.532. The van der Waals surface area contributed by atoms with Crippen LogP contribution in [-0.2, 0) is 7.05 Å². The first-order chi connectivity index (χ1) is 10.7. The van der Waals surface area contributed by atoms with E-state index in [1.54, 1.807) is 21.5 Å². The highest BCUT2D eigenvalue weighted by Gasteiger charge is 2.11. The van der Waals surface area contributed by atoms with Crippen molar-refractivity contribution in [1.82, 2.24) is 29.4 Å². The molecule has 4 heterocycles. The number of pyridine rings is 2. The fourth-order valence-electron chi connectivity index (χ4n) is 2.40. The zero-order valence-corrected chi connectivity index (χ0v) is 11.7. The SMILES string of the molecule is Cn1cc(-c2cc(-c3ccc(F)nc3)c3ncnn3c2)cn1. The molecule has 22 heavy (non-hydrogen) atoms. The lowest BCUT2D eigenvalue weighted by Crippen LogP contribution is -1.93. The molecular weight excluding hydrogens is 283 g/mol. The van der Waals surface area contributed by atoms with Gasteiger partial charge >= 0.3 is 0 Å². The van der Waals surface area contributed by atoms with Crippen molar-refractivity contribution in [1.29, 1.82) is 0 Å². The lowest BCUT2D eigenvalue weighted by atomic mass is 10.0. The van der Waals surface area contributed by atoms with E-state index in [1.165, 1.54) is 18.6 Å². The molecule has 7 heteroatoms. The number of hydrogen-bond donors (Lipinski definition) is 0. The standard InChI is InChI=1S/C15H11FN6/c1-21-7-12(6-19-21)11-4-13(10-2-3-14(16)17-5-10)15-18-9-20-22(15)8-11/h2-9H,1H3. The van der Waals surface area contributed by atoms with Gasteiger partial charge in [-0.1, -0.05) is 0 Å². The molecule has 0 fully saturated rings. The summed E-state index contributed by atoms with van der Waals surface area (Å²) in [5.41, 5.74) is 4.24. The number of aryl methyl sites for hydroxylation is 1. The Bertz CT molecular complexity index is 954. The Kier molecular flexibility index (Phi) is 2.72. The van der Waals surface area contributed by atoms with Crippen molar-refractivity contribution < 1.29 is 4.39 Å². The van der Waals surface area contributed by atoms with Crippen LogP contribution in [-0.4, -0.2) is 29.4 Å². The maximum atomic E-state index is 13.0. The van der Waals surface area contributed by atoms with Gasteiger partial charge in [-0.15, -0.1) is 0 Å². The van der Waals surface area contributed by atoms with Crippen molar-refractivity contribution in [3.8, 4) is 22.3 Å². The van der Waals surface area contributed by atoms with Crippen molar-refractivity contribution in [3.05, 3.63) is 55.3 Å². The number of rotatable bonds is 2. The molecule has 0 atom stereocenters. The lowest BCUT2D eigenvalue weighted by molar-refractivity contribution is 0.584. The molecule has 0 aliphatic carbocycles. The maximum absolute atomic E-state index is 13.0. The highest BCUT2D eigenvalue weighted by molar-refractivity contribution is 5.81. The van der Waals surface area contributed by atoms with Gasteiger partial charge in [0.05, 0.1) is 6.20 Å². The Morgan fingerprint density at radius 3 is 2.59 bits per heavy atom. The van der Waals surface area contributed by atoms with Crippen LogP contribution in [0.4, 0.5) is 4.39 Å². The molecule has 0 aliphatic heterocycles. The fourth-order valence-corrected chi connectivity index (χ4v) is 2.40. The highest BCUT2D eigenvalue weighted by atomic mass is 19.1. The third kappa shape index (κ3) is 2.03. The van der Waals surface area contributed by atoms with Crippen LogP contribution in [0, 0.1) is 5.95 Å². The third-order valence-electron chi connectivity index (χ3n) is 3.45. The van der Waals surface area contributed by atoms with E-state index in [4.69, 9.17) is 0 Å². The lowest BCUT2D eigenvalue weighted by Gasteiger charge is -2.06. The Labute approximate surface area is 124 Å². The molecule has 4 rings (SSSR count). The van der Waals surface area contributed by atoms with E-state index in [0.29, 0.717) is 5.65 Å². The molecule has 6 nitrogen and oxygen atoms in total. The van der Waals surface area contributed by atoms with E-state index in [-0.39, 0.29) is 0 Å². The fraction of sp³-hybridized carbons (Fsp3) is 0.0667. The van der Waals surface area contributed by atoms with Crippen molar-refractivity contribution in [2.75, 3.05) is 0 Å². The molecule has 0 spiro atoms. The Hall–Kier alpha value is -3.09. The van der Waals surface area contributed by atoms with Crippen LogP contribution in [0.15, 0.2) is 49.3 Å². The molecular formula is C15H11FN6. The summed E-state index contributed by atoms with van der Waals surface area (Å²) in [6.45, 7) is 0. The first-order valence-corrected chi connectivity index (χ1v) is 6.65. The summed E-state index contributed by atoms with van der Waals surface area (Å²) in [4.78, 5) is 7.98. The summed E-state index contributed by atoms with van der Waals surface area (Å²) in [5, 5.41) is 8.38. The molecule has 0 saturated heterocycles. The van der Waals surface area contributed by atoms with Gasteiger partial charge in [0.2, 0.25) is 5.95 Å². The average Bonchev–Trinajstić information content (AvgIpc) is 3.15. The Balaban J connectivity index is 1.96. The van der Waals surface area contributed by atoms with Gasteiger partial charge in [-0.3, -0.25) is 4.68 Å². The minimum Gasteiger partial charge on any atom is -0.275 e. The van der Waals surface area contributed by atoms with Gasteiger partial charge in [0.15, 0.2) is 5.65 Å². The second kappa shape index (κ2) is 4.73. The molecule has 0 amide bonds. The average molecular weight is 294 g/mol. The molecule has 108 valence electrons. The molecule has 0 aromatic carbocycles. The van der Waals surface area contributed by atoms with Crippen LogP contribution < -0.4 is 0 Å². The molecule has 0 bridgehead atoms. The van der Waals surface area contributed by atoms with Gasteiger partial charge in [-0.2, -0.15) is 14.6 Å². The number of aromatic nitrogens is 6. The van der Waals surface area contributed by atoms with Crippen LogP contribution in [0.25, 0.3) is 27.9 Å². The monoisotopic (exact) mass is 294 g/mol. The summed E-state index contributed by atoms with van der Waals surface area (Å²) >= 11 is 0. The van der Waals surface area contributed by atoms with E-state index < -0.39 is 5.95 Å². The van der Waals surface area contributed by atoms with Crippen LogP contribution in [0.5, 0.6) is 0 Å². The van der Waals surface area contributed by atoms with Crippen LogP contribution in [0.3, 0.4) is 0 Å². The third-order valence-corrected chi connectivity index (χ3v) is 3.45. The predicted molar refractivity (Wildman–Crippen MR) is 78.4 cm³/mol.